The fourth-order valence-electron chi connectivity index (χ4n) is 2.66. The average molecular weight is 439 g/mol. The highest BCUT2D eigenvalue weighted by molar-refractivity contribution is 7.11. The number of esters is 1. The zero-order valence-corrected chi connectivity index (χ0v) is 17.3. The summed E-state index contributed by atoms with van der Waals surface area (Å²) >= 11 is 1.32. The van der Waals surface area contributed by atoms with Crippen LogP contribution in [-0.2, 0) is 14.3 Å². The van der Waals surface area contributed by atoms with Crippen molar-refractivity contribution in [1.29, 1.82) is 0 Å². The molecule has 3 aromatic rings. The first kappa shape index (κ1) is 21.9. The van der Waals surface area contributed by atoms with Crippen LogP contribution in [0.5, 0.6) is 5.75 Å². The Morgan fingerprint density at radius 3 is 2.45 bits per heavy atom. The van der Waals surface area contributed by atoms with Crippen molar-refractivity contribution in [2.45, 2.75) is 0 Å². The first-order chi connectivity index (χ1) is 15.0. The van der Waals surface area contributed by atoms with Crippen LogP contribution < -0.4 is 10.1 Å². The third-order valence-corrected chi connectivity index (χ3v) is 5.03. The van der Waals surface area contributed by atoms with Gasteiger partial charge >= 0.3 is 5.97 Å². The number of hydrogen-bond donors (Lipinski definition) is 1. The van der Waals surface area contributed by atoms with Crippen LogP contribution in [0.3, 0.4) is 0 Å². The van der Waals surface area contributed by atoms with E-state index in [1.165, 1.54) is 48.8 Å². The highest BCUT2D eigenvalue weighted by atomic mass is 32.1. The quantitative estimate of drug-likeness (QED) is 0.446. The molecule has 2 aromatic carbocycles. The van der Waals surface area contributed by atoms with Crippen LogP contribution in [0.1, 0.15) is 20.8 Å². The summed E-state index contributed by atoms with van der Waals surface area (Å²) in [6.07, 6.45) is 1.55. The third kappa shape index (κ3) is 5.86. The van der Waals surface area contributed by atoms with Crippen molar-refractivity contribution in [2.75, 3.05) is 13.7 Å². The van der Waals surface area contributed by atoms with Gasteiger partial charge in [0.05, 0.1) is 18.2 Å². The molecule has 0 saturated heterocycles. The van der Waals surface area contributed by atoms with E-state index in [4.69, 9.17) is 9.47 Å². The lowest BCUT2D eigenvalue weighted by Crippen LogP contribution is -2.34. The summed E-state index contributed by atoms with van der Waals surface area (Å²) in [6, 6.07) is 15.5. The Kier molecular flexibility index (Phi) is 7.29. The van der Waals surface area contributed by atoms with Crippen molar-refractivity contribution in [3.63, 3.8) is 0 Å². The maximum atomic E-state index is 13.2. The van der Waals surface area contributed by atoms with Gasteiger partial charge in [0.2, 0.25) is 0 Å². The number of amides is 2. The molecule has 0 unspecified atom stereocenters. The van der Waals surface area contributed by atoms with Gasteiger partial charge in [-0.1, -0.05) is 30.3 Å². The lowest BCUT2D eigenvalue weighted by Gasteiger charge is -2.09. The van der Waals surface area contributed by atoms with E-state index in [-0.39, 0.29) is 11.1 Å². The second-order valence-corrected chi connectivity index (χ2v) is 7.19. The van der Waals surface area contributed by atoms with E-state index in [2.05, 4.69) is 5.32 Å². The minimum Gasteiger partial charge on any atom is -0.496 e. The number of para-hydroxylation sites is 1. The number of thiophene rings is 1. The topological polar surface area (TPSA) is 81.7 Å². The summed E-state index contributed by atoms with van der Waals surface area (Å²) in [4.78, 5) is 37.7. The van der Waals surface area contributed by atoms with Crippen LogP contribution in [0.4, 0.5) is 4.39 Å². The third-order valence-electron chi connectivity index (χ3n) is 4.13. The molecule has 0 spiro atoms. The smallest absolute Gasteiger partial charge is 0.340 e. The molecular weight excluding hydrogens is 421 g/mol. The molecule has 8 heteroatoms. The van der Waals surface area contributed by atoms with Crippen molar-refractivity contribution in [1.82, 2.24) is 5.32 Å². The van der Waals surface area contributed by atoms with Gasteiger partial charge in [-0.3, -0.25) is 14.9 Å². The number of rotatable bonds is 7. The molecule has 1 N–H and O–H groups in total. The van der Waals surface area contributed by atoms with Crippen molar-refractivity contribution in [3.05, 3.63) is 87.9 Å². The van der Waals surface area contributed by atoms with Gasteiger partial charge in [-0.05, 0) is 47.4 Å². The van der Waals surface area contributed by atoms with E-state index >= 15 is 0 Å². The number of imide groups is 1. The maximum absolute atomic E-state index is 13.2. The van der Waals surface area contributed by atoms with E-state index in [0.29, 0.717) is 16.2 Å². The number of benzene rings is 2. The Morgan fingerprint density at radius 1 is 1.03 bits per heavy atom. The zero-order chi connectivity index (χ0) is 22.2. The summed E-state index contributed by atoms with van der Waals surface area (Å²) in [6.45, 7) is -0.647. The Morgan fingerprint density at radius 2 is 1.77 bits per heavy atom. The standard InChI is InChI=1S/C23H18FNO5S/c1-29-19-6-3-2-5-17(19)22(27)25-21(26)14-30-23(28)18(20-7-4-12-31-20)13-15-8-10-16(24)11-9-15/h2-13H,14H2,1H3,(H,25,26,27). The predicted octanol–water partition coefficient (Wildman–Crippen LogP) is 3.94. The van der Waals surface area contributed by atoms with Crippen LogP contribution in [0.2, 0.25) is 0 Å². The molecule has 0 aliphatic carbocycles. The van der Waals surface area contributed by atoms with Gasteiger partial charge < -0.3 is 9.47 Å². The molecular formula is C23H18FNO5S. The number of carbonyl (C=O) groups excluding carboxylic acids is 3. The molecule has 1 aromatic heterocycles. The molecule has 0 radical (unpaired) electrons. The van der Waals surface area contributed by atoms with Crippen LogP contribution in [0, 0.1) is 5.82 Å². The van der Waals surface area contributed by atoms with Crippen molar-refractivity contribution >= 4 is 40.8 Å². The molecule has 0 atom stereocenters. The lowest BCUT2D eigenvalue weighted by molar-refractivity contribution is -0.142. The Balaban J connectivity index is 1.67. The van der Waals surface area contributed by atoms with E-state index in [0.717, 1.165) is 0 Å². The Hall–Kier alpha value is -3.78. The van der Waals surface area contributed by atoms with Crippen LogP contribution in [0.15, 0.2) is 66.0 Å². The molecule has 6 nitrogen and oxygen atoms in total. The fourth-order valence-corrected chi connectivity index (χ4v) is 3.39. The highest BCUT2D eigenvalue weighted by Crippen LogP contribution is 2.24. The minimum atomic E-state index is -0.781. The second kappa shape index (κ2) is 10.3. The minimum absolute atomic E-state index is 0.181. The summed E-state index contributed by atoms with van der Waals surface area (Å²) in [5, 5.41) is 3.95. The van der Waals surface area contributed by atoms with E-state index in [1.54, 1.807) is 41.8 Å². The molecule has 0 bridgehead atoms. The summed E-state index contributed by atoms with van der Waals surface area (Å²) in [7, 11) is 1.41. The molecule has 158 valence electrons. The molecule has 3 rings (SSSR count). The van der Waals surface area contributed by atoms with Gasteiger partial charge in [0.1, 0.15) is 11.6 Å². The highest BCUT2D eigenvalue weighted by Gasteiger charge is 2.19. The molecule has 2 amide bonds. The molecule has 0 aliphatic heterocycles. The van der Waals surface area contributed by atoms with Gasteiger partial charge in [-0.15, -0.1) is 11.3 Å². The summed E-state index contributed by atoms with van der Waals surface area (Å²) in [5.74, 6) is -2.28. The van der Waals surface area contributed by atoms with Gasteiger partial charge in [0.25, 0.3) is 11.8 Å². The van der Waals surface area contributed by atoms with Crippen molar-refractivity contribution in [3.8, 4) is 5.75 Å². The number of hydrogen-bond acceptors (Lipinski definition) is 6. The van der Waals surface area contributed by atoms with E-state index in [1.807, 2.05) is 0 Å². The fraction of sp³-hybridized carbons (Fsp3) is 0.0870. The SMILES string of the molecule is COc1ccccc1C(=O)NC(=O)COC(=O)C(=Cc1ccc(F)cc1)c1cccs1. The first-order valence-electron chi connectivity index (χ1n) is 9.13. The van der Waals surface area contributed by atoms with Crippen LogP contribution >= 0.6 is 11.3 Å². The second-order valence-electron chi connectivity index (χ2n) is 6.24. The number of ether oxygens (including phenoxy) is 2. The normalized spacial score (nSPS) is 11.0. The van der Waals surface area contributed by atoms with Crippen LogP contribution in [0.25, 0.3) is 11.6 Å². The van der Waals surface area contributed by atoms with Crippen molar-refractivity contribution in [2.24, 2.45) is 0 Å². The summed E-state index contributed by atoms with van der Waals surface area (Å²) < 4.78 is 23.4. The van der Waals surface area contributed by atoms with Gasteiger partial charge in [-0.2, -0.15) is 0 Å². The maximum Gasteiger partial charge on any atom is 0.340 e. The Labute approximate surface area is 181 Å². The lowest BCUT2D eigenvalue weighted by atomic mass is 10.1. The van der Waals surface area contributed by atoms with E-state index in [9.17, 15) is 18.8 Å². The molecule has 0 saturated carbocycles. The first-order valence-corrected chi connectivity index (χ1v) is 10.0. The average Bonchev–Trinajstić information content (AvgIpc) is 3.31. The number of methoxy groups -OCH3 is 1. The number of carbonyl (C=O) groups is 3. The predicted molar refractivity (Wildman–Crippen MR) is 115 cm³/mol. The molecule has 1 heterocycles. The zero-order valence-electron chi connectivity index (χ0n) is 16.5. The van der Waals surface area contributed by atoms with Gasteiger partial charge in [0.15, 0.2) is 6.61 Å². The molecule has 0 aliphatic rings. The summed E-state index contributed by atoms with van der Waals surface area (Å²) in [5.41, 5.74) is 0.989. The monoisotopic (exact) mass is 439 g/mol. The molecule has 31 heavy (non-hydrogen) atoms. The molecule has 0 fully saturated rings. The van der Waals surface area contributed by atoms with Gasteiger partial charge in [-0.25, -0.2) is 9.18 Å². The Bertz CT molecular complexity index is 1110. The number of halogens is 1. The van der Waals surface area contributed by atoms with E-state index < -0.39 is 30.2 Å². The van der Waals surface area contributed by atoms with Crippen LogP contribution in [-0.4, -0.2) is 31.5 Å². The van der Waals surface area contributed by atoms with Crippen molar-refractivity contribution < 1.29 is 28.2 Å². The van der Waals surface area contributed by atoms with Gasteiger partial charge in [0, 0.05) is 4.88 Å². The number of nitrogens with one attached hydrogen (secondary N) is 1. The largest absolute Gasteiger partial charge is 0.496 e.